The fraction of sp³-hybridized carbons (Fsp3) is 0.429. The number of anilines is 2. The molecule has 7 nitrogen and oxygen atoms in total. The molecule has 1 saturated heterocycles. The van der Waals surface area contributed by atoms with Gasteiger partial charge in [0.05, 0.1) is 37.2 Å². The van der Waals surface area contributed by atoms with Gasteiger partial charge in [0.2, 0.25) is 0 Å². The van der Waals surface area contributed by atoms with Crippen LogP contribution in [0.4, 0.5) is 24.5 Å². The fourth-order valence-corrected chi connectivity index (χ4v) is 5.18. The van der Waals surface area contributed by atoms with Crippen molar-refractivity contribution in [3.8, 4) is 17.6 Å². The van der Waals surface area contributed by atoms with Crippen molar-refractivity contribution in [2.24, 2.45) is 0 Å². The Labute approximate surface area is 232 Å². The van der Waals surface area contributed by atoms with E-state index >= 15 is 0 Å². The maximum atomic E-state index is 13.2. The lowest BCUT2D eigenvalue weighted by molar-refractivity contribution is -0.140. The predicted molar refractivity (Wildman–Crippen MR) is 153 cm³/mol. The highest BCUT2D eigenvalue weighted by molar-refractivity contribution is 7.97. The average Bonchev–Trinajstić information content (AvgIpc) is 3.26. The van der Waals surface area contributed by atoms with Crippen LogP contribution in [0.3, 0.4) is 0 Å². The molecule has 3 aromatic rings. The quantitative estimate of drug-likeness (QED) is 0.204. The minimum absolute atomic E-state index is 0.175. The van der Waals surface area contributed by atoms with Crippen LogP contribution in [0.5, 0.6) is 5.75 Å². The number of fused-ring (bicyclic) bond motifs is 1. The van der Waals surface area contributed by atoms with E-state index in [1.165, 1.54) is 0 Å². The highest BCUT2D eigenvalue weighted by Gasteiger charge is 2.29. The molecule has 1 fully saturated rings. The zero-order valence-corrected chi connectivity index (χ0v) is 23.3. The minimum Gasteiger partial charge on any atom is -0.495 e. The standard InChI is InChI=1S/C26H30F3N5O2S.C2H6/c1-36-25-17-20(37-33-12-10-32(11-13-33)14-15-35)7-8-23(25)31-9-3-4-19-16-21-22(30)5-2-6-24(21)34(19)18-26(27,28)29;1-2/h2,5-8,16-17,31,35H,9-15,18,30H2,1H3;1-2H3. The Kier molecular flexibility index (Phi) is 11.2. The van der Waals surface area contributed by atoms with Gasteiger partial charge in [-0.15, -0.1) is 0 Å². The number of ether oxygens (including phenoxy) is 1. The summed E-state index contributed by atoms with van der Waals surface area (Å²) in [6.07, 6.45) is -4.38. The molecule has 39 heavy (non-hydrogen) atoms. The maximum Gasteiger partial charge on any atom is 0.406 e. The Bertz CT molecular complexity index is 1280. The second-order valence-electron chi connectivity index (χ2n) is 8.61. The number of methoxy groups -OCH3 is 1. The number of aliphatic hydroxyl groups excluding tert-OH is 1. The largest absolute Gasteiger partial charge is 0.495 e. The number of piperazine rings is 1. The van der Waals surface area contributed by atoms with Gasteiger partial charge in [-0.1, -0.05) is 25.8 Å². The second-order valence-corrected chi connectivity index (χ2v) is 9.78. The smallest absolute Gasteiger partial charge is 0.406 e. The van der Waals surface area contributed by atoms with Crippen molar-refractivity contribution >= 4 is 34.2 Å². The molecule has 0 saturated carbocycles. The Morgan fingerprint density at radius 3 is 2.51 bits per heavy atom. The topological polar surface area (TPSA) is 78.9 Å². The number of nitrogen functional groups attached to an aromatic ring is 1. The first-order valence-electron chi connectivity index (χ1n) is 12.9. The molecular weight excluding hydrogens is 527 g/mol. The predicted octanol–water partition coefficient (Wildman–Crippen LogP) is 4.90. The summed E-state index contributed by atoms with van der Waals surface area (Å²) < 4.78 is 48.6. The maximum absolute atomic E-state index is 13.2. The zero-order chi connectivity index (χ0) is 28.4. The number of nitrogens with two attached hydrogens (primary N) is 1. The van der Waals surface area contributed by atoms with E-state index in [1.807, 2.05) is 32.0 Å². The number of rotatable bonds is 8. The van der Waals surface area contributed by atoms with E-state index in [1.54, 1.807) is 43.3 Å². The van der Waals surface area contributed by atoms with Crippen LogP contribution in [0.1, 0.15) is 19.5 Å². The van der Waals surface area contributed by atoms with E-state index in [2.05, 4.69) is 26.4 Å². The van der Waals surface area contributed by atoms with Crippen LogP contribution in [0.25, 0.3) is 10.9 Å². The lowest BCUT2D eigenvalue weighted by Crippen LogP contribution is -2.44. The number of benzene rings is 2. The van der Waals surface area contributed by atoms with Crippen LogP contribution < -0.4 is 15.8 Å². The third-order valence-electron chi connectivity index (χ3n) is 6.06. The first kappa shape index (κ1) is 30.5. The Balaban J connectivity index is 0.00000205. The van der Waals surface area contributed by atoms with Crippen molar-refractivity contribution in [2.45, 2.75) is 31.5 Å². The van der Waals surface area contributed by atoms with Crippen LogP contribution in [0, 0.1) is 11.8 Å². The number of β-amino-alcohol motifs (C(OH)–C–C–N with tert-alkyl or cyclic N) is 1. The van der Waals surface area contributed by atoms with Gasteiger partial charge in [0.15, 0.2) is 0 Å². The molecule has 0 amide bonds. The van der Waals surface area contributed by atoms with Gasteiger partial charge in [0.25, 0.3) is 0 Å². The van der Waals surface area contributed by atoms with E-state index in [4.69, 9.17) is 15.6 Å². The van der Waals surface area contributed by atoms with Crippen LogP contribution in [0.15, 0.2) is 47.4 Å². The van der Waals surface area contributed by atoms with Gasteiger partial charge in [-0.05, 0) is 54.3 Å². The molecule has 0 spiro atoms. The number of nitrogens with zero attached hydrogens (tertiary/aromatic N) is 3. The number of aromatic nitrogens is 1. The van der Waals surface area contributed by atoms with Crippen LogP contribution in [-0.2, 0) is 6.54 Å². The number of hydrogen-bond donors (Lipinski definition) is 3. The Morgan fingerprint density at radius 2 is 1.85 bits per heavy atom. The van der Waals surface area contributed by atoms with Gasteiger partial charge in [0.1, 0.15) is 12.3 Å². The molecule has 0 radical (unpaired) electrons. The van der Waals surface area contributed by atoms with E-state index in [0.29, 0.717) is 28.9 Å². The summed E-state index contributed by atoms with van der Waals surface area (Å²) >= 11 is 1.66. The molecule has 0 atom stereocenters. The molecule has 0 bridgehead atoms. The Morgan fingerprint density at radius 1 is 1.10 bits per heavy atom. The molecular formula is C28H36F3N5O2S. The van der Waals surface area contributed by atoms with Crippen LogP contribution in [-0.4, -0.2) is 78.0 Å². The SMILES string of the molecule is CC.COc1cc(SN2CCN(CCO)CC2)ccc1NCC#Cc1cc2c(N)cccc2n1CC(F)(F)F. The molecule has 4 N–H and O–H groups in total. The van der Waals surface area contributed by atoms with Gasteiger partial charge in [-0.2, -0.15) is 13.2 Å². The third-order valence-corrected chi connectivity index (χ3v) is 7.14. The van der Waals surface area contributed by atoms with Crippen molar-refractivity contribution in [1.82, 2.24) is 13.8 Å². The molecule has 1 aliphatic rings. The van der Waals surface area contributed by atoms with Gasteiger partial charge in [-0.25, -0.2) is 4.31 Å². The van der Waals surface area contributed by atoms with Gasteiger partial charge in [-0.3, -0.25) is 4.90 Å². The van der Waals surface area contributed by atoms with Crippen molar-refractivity contribution < 1.29 is 23.0 Å². The summed E-state index contributed by atoms with van der Waals surface area (Å²) in [6, 6.07) is 12.4. The lowest BCUT2D eigenvalue weighted by Gasteiger charge is -2.33. The first-order valence-corrected chi connectivity index (χ1v) is 13.7. The van der Waals surface area contributed by atoms with E-state index < -0.39 is 12.7 Å². The molecule has 4 rings (SSSR count). The summed E-state index contributed by atoms with van der Waals surface area (Å²) in [7, 11) is 1.59. The van der Waals surface area contributed by atoms with E-state index in [0.717, 1.165) is 41.3 Å². The van der Waals surface area contributed by atoms with Gasteiger partial charge >= 0.3 is 6.18 Å². The van der Waals surface area contributed by atoms with Crippen LogP contribution >= 0.6 is 11.9 Å². The van der Waals surface area contributed by atoms with Crippen molar-refractivity contribution in [3.05, 3.63) is 48.2 Å². The van der Waals surface area contributed by atoms with Crippen molar-refractivity contribution in [3.63, 3.8) is 0 Å². The van der Waals surface area contributed by atoms with E-state index in [-0.39, 0.29) is 18.8 Å². The number of aliphatic hydroxyl groups is 1. The molecule has 1 aliphatic heterocycles. The number of alkyl halides is 3. The highest BCUT2D eigenvalue weighted by atomic mass is 32.2. The molecule has 1 aromatic heterocycles. The van der Waals surface area contributed by atoms with Crippen molar-refractivity contribution in [1.29, 1.82) is 0 Å². The monoisotopic (exact) mass is 563 g/mol. The summed E-state index contributed by atoms with van der Waals surface area (Å²) in [4.78, 5) is 3.28. The zero-order valence-electron chi connectivity index (χ0n) is 22.5. The average molecular weight is 564 g/mol. The van der Waals surface area contributed by atoms with Crippen LogP contribution in [0.2, 0.25) is 0 Å². The minimum atomic E-state index is -4.38. The second kappa shape index (κ2) is 14.4. The normalized spacial score (nSPS) is 14.3. The summed E-state index contributed by atoms with van der Waals surface area (Å²) in [5.41, 5.74) is 7.78. The van der Waals surface area contributed by atoms with E-state index in [9.17, 15) is 13.2 Å². The van der Waals surface area contributed by atoms with Gasteiger partial charge < -0.3 is 25.5 Å². The molecule has 212 valence electrons. The third kappa shape index (κ3) is 8.47. The molecule has 2 heterocycles. The van der Waals surface area contributed by atoms with Gasteiger partial charge in [0, 0.05) is 48.7 Å². The summed E-state index contributed by atoms with van der Waals surface area (Å²) in [6.45, 7) is 7.59. The number of hydrogen-bond acceptors (Lipinski definition) is 7. The molecule has 11 heteroatoms. The summed E-state index contributed by atoms with van der Waals surface area (Å²) in [5, 5.41) is 12.8. The molecule has 0 unspecified atom stereocenters. The highest BCUT2D eigenvalue weighted by Crippen LogP contribution is 2.32. The first-order chi connectivity index (χ1) is 18.8. The van der Waals surface area contributed by atoms with Crippen molar-refractivity contribution in [2.75, 3.05) is 64.0 Å². The summed E-state index contributed by atoms with van der Waals surface area (Å²) in [5.74, 6) is 6.44. The lowest BCUT2D eigenvalue weighted by atomic mass is 10.2. The number of nitrogens with one attached hydrogen (secondary N) is 1. The number of halogens is 3. The Hall–Kier alpha value is -3.04. The fourth-order valence-electron chi connectivity index (χ4n) is 4.24. The molecule has 2 aromatic carbocycles. The molecule has 0 aliphatic carbocycles.